The van der Waals surface area contributed by atoms with Gasteiger partial charge in [-0.2, -0.15) is 0 Å². The highest BCUT2D eigenvalue weighted by molar-refractivity contribution is 7.98. The number of carbonyl (C=O) groups excluding carboxylic acids is 1. The van der Waals surface area contributed by atoms with Gasteiger partial charge in [0.25, 0.3) is 0 Å². The van der Waals surface area contributed by atoms with Crippen LogP contribution in [0.15, 0.2) is 72.5 Å². The monoisotopic (exact) mass is 489 g/mol. The molecule has 182 valence electrons. The summed E-state index contributed by atoms with van der Waals surface area (Å²) in [4.78, 5) is 26.4. The molecule has 1 aromatic heterocycles. The number of nitrogens with zero attached hydrogens (tertiary/aromatic N) is 5. The van der Waals surface area contributed by atoms with Crippen molar-refractivity contribution in [2.45, 2.75) is 17.7 Å². The molecule has 0 saturated heterocycles. The SMILES string of the molecule is C=C1c2cnc(SC)nc2N(C)CCN1c1ccccc1OC(CCN(C)C=O)c1ccccc1. The molecule has 7 nitrogen and oxygen atoms in total. The summed E-state index contributed by atoms with van der Waals surface area (Å²) in [6.45, 7) is 6.52. The fourth-order valence-electron chi connectivity index (χ4n) is 4.12. The minimum absolute atomic E-state index is 0.206. The van der Waals surface area contributed by atoms with Gasteiger partial charge in [0.05, 0.1) is 11.3 Å². The topological polar surface area (TPSA) is 61.8 Å². The van der Waals surface area contributed by atoms with Gasteiger partial charge in [0.15, 0.2) is 5.16 Å². The summed E-state index contributed by atoms with van der Waals surface area (Å²) in [7, 11) is 3.83. The van der Waals surface area contributed by atoms with Crippen LogP contribution in [-0.2, 0) is 4.79 Å². The fourth-order valence-corrected chi connectivity index (χ4v) is 4.46. The van der Waals surface area contributed by atoms with Gasteiger partial charge >= 0.3 is 0 Å². The van der Waals surface area contributed by atoms with Crippen molar-refractivity contribution < 1.29 is 9.53 Å². The average Bonchev–Trinajstić information content (AvgIpc) is 3.02. The van der Waals surface area contributed by atoms with Crippen LogP contribution in [0.5, 0.6) is 5.75 Å². The van der Waals surface area contributed by atoms with Crippen LogP contribution >= 0.6 is 11.8 Å². The van der Waals surface area contributed by atoms with E-state index in [-0.39, 0.29) is 6.10 Å². The molecule has 1 amide bonds. The number of ether oxygens (including phenoxy) is 1. The predicted octanol–water partition coefficient (Wildman–Crippen LogP) is 4.72. The first-order valence-corrected chi connectivity index (χ1v) is 12.8. The number of amides is 1. The van der Waals surface area contributed by atoms with E-state index in [1.807, 2.05) is 55.9 Å². The minimum atomic E-state index is -0.206. The Morgan fingerprint density at radius 1 is 1.17 bits per heavy atom. The van der Waals surface area contributed by atoms with Gasteiger partial charge in [-0.25, -0.2) is 9.97 Å². The van der Waals surface area contributed by atoms with E-state index in [2.05, 4.69) is 39.6 Å². The molecule has 3 aromatic rings. The number of carbonyl (C=O) groups is 1. The van der Waals surface area contributed by atoms with Crippen molar-refractivity contribution in [3.05, 3.63) is 78.5 Å². The van der Waals surface area contributed by atoms with Crippen molar-refractivity contribution in [1.82, 2.24) is 14.9 Å². The zero-order valence-corrected chi connectivity index (χ0v) is 21.2. The molecule has 0 spiro atoms. The van der Waals surface area contributed by atoms with Crippen LogP contribution in [0.3, 0.4) is 0 Å². The minimum Gasteiger partial charge on any atom is -0.483 e. The number of para-hydroxylation sites is 2. The Labute approximate surface area is 211 Å². The summed E-state index contributed by atoms with van der Waals surface area (Å²) in [6.07, 6.45) is 5.14. The molecule has 8 heteroatoms. The normalized spacial score (nSPS) is 14.2. The molecule has 1 aliphatic rings. The first-order chi connectivity index (χ1) is 17.0. The van der Waals surface area contributed by atoms with E-state index in [9.17, 15) is 4.79 Å². The maximum atomic E-state index is 11.2. The zero-order valence-electron chi connectivity index (χ0n) is 20.4. The summed E-state index contributed by atoms with van der Waals surface area (Å²) < 4.78 is 6.65. The molecular weight excluding hydrogens is 458 g/mol. The van der Waals surface area contributed by atoms with Crippen molar-refractivity contribution >= 4 is 35.4 Å². The van der Waals surface area contributed by atoms with Gasteiger partial charge in [-0.1, -0.05) is 60.8 Å². The number of thioether (sulfide) groups is 1. The Bertz CT molecular complexity index is 1170. The van der Waals surface area contributed by atoms with E-state index in [4.69, 9.17) is 9.72 Å². The molecule has 35 heavy (non-hydrogen) atoms. The quantitative estimate of drug-likeness (QED) is 0.245. The molecule has 0 saturated carbocycles. The van der Waals surface area contributed by atoms with E-state index in [1.165, 1.54) is 11.8 Å². The second-order valence-corrected chi connectivity index (χ2v) is 9.25. The third-order valence-corrected chi connectivity index (χ3v) is 6.67. The van der Waals surface area contributed by atoms with E-state index < -0.39 is 0 Å². The summed E-state index contributed by atoms with van der Waals surface area (Å²) in [5.41, 5.74) is 3.76. The molecule has 0 N–H and O–H groups in total. The molecule has 1 unspecified atom stereocenters. The molecule has 0 bridgehead atoms. The third-order valence-electron chi connectivity index (χ3n) is 6.11. The molecule has 4 rings (SSSR count). The molecule has 0 fully saturated rings. The van der Waals surface area contributed by atoms with Gasteiger partial charge in [0, 0.05) is 52.0 Å². The van der Waals surface area contributed by atoms with Gasteiger partial charge in [-0.3, -0.25) is 4.79 Å². The van der Waals surface area contributed by atoms with Gasteiger partial charge in [-0.05, 0) is 24.0 Å². The summed E-state index contributed by atoms with van der Waals surface area (Å²) in [6, 6.07) is 18.2. The number of aromatic nitrogens is 2. The van der Waals surface area contributed by atoms with Crippen LogP contribution in [0.4, 0.5) is 11.5 Å². The lowest BCUT2D eigenvalue weighted by Crippen LogP contribution is -2.29. The molecule has 0 radical (unpaired) electrons. The summed E-state index contributed by atoms with van der Waals surface area (Å²) in [5.74, 6) is 1.65. The van der Waals surface area contributed by atoms with Crippen molar-refractivity contribution in [1.29, 1.82) is 0 Å². The van der Waals surface area contributed by atoms with Crippen molar-refractivity contribution in [3.63, 3.8) is 0 Å². The second kappa shape index (κ2) is 11.3. The van der Waals surface area contributed by atoms with E-state index >= 15 is 0 Å². The van der Waals surface area contributed by atoms with E-state index in [0.29, 0.717) is 13.0 Å². The number of likely N-dealkylation sites (N-methyl/N-ethyl adjacent to an activating group) is 1. The molecular formula is C27H31N5O2S. The van der Waals surface area contributed by atoms with Gasteiger partial charge in [0.1, 0.15) is 17.7 Å². The van der Waals surface area contributed by atoms with Crippen molar-refractivity contribution in [2.24, 2.45) is 0 Å². The molecule has 1 aliphatic heterocycles. The van der Waals surface area contributed by atoms with Crippen LogP contribution in [0.2, 0.25) is 0 Å². The average molecular weight is 490 g/mol. The maximum Gasteiger partial charge on any atom is 0.209 e. The Morgan fingerprint density at radius 3 is 2.66 bits per heavy atom. The smallest absolute Gasteiger partial charge is 0.209 e. The summed E-state index contributed by atoms with van der Waals surface area (Å²) >= 11 is 1.53. The lowest BCUT2D eigenvalue weighted by atomic mass is 10.1. The van der Waals surface area contributed by atoms with E-state index in [0.717, 1.165) is 58.7 Å². The van der Waals surface area contributed by atoms with Gasteiger partial charge < -0.3 is 19.4 Å². The fraction of sp³-hybridized carbons (Fsp3) is 0.296. The number of hydrogen-bond acceptors (Lipinski definition) is 7. The Hall–Kier alpha value is -3.52. The molecule has 0 aliphatic carbocycles. The lowest BCUT2D eigenvalue weighted by Gasteiger charge is -2.29. The molecule has 2 heterocycles. The first-order valence-electron chi connectivity index (χ1n) is 11.6. The number of rotatable bonds is 9. The number of hydrogen-bond donors (Lipinski definition) is 0. The van der Waals surface area contributed by atoms with Crippen molar-refractivity contribution in [2.75, 3.05) is 49.8 Å². The zero-order chi connectivity index (χ0) is 24.8. The summed E-state index contributed by atoms with van der Waals surface area (Å²) in [5, 5.41) is 0.742. The second-order valence-electron chi connectivity index (χ2n) is 8.47. The predicted molar refractivity (Wildman–Crippen MR) is 143 cm³/mol. The Balaban J connectivity index is 1.67. The third kappa shape index (κ3) is 5.59. The van der Waals surface area contributed by atoms with Crippen molar-refractivity contribution in [3.8, 4) is 5.75 Å². The molecule has 1 atom stereocenters. The van der Waals surface area contributed by atoms with E-state index in [1.54, 1.807) is 11.9 Å². The highest BCUT2D eigenvalue weighted by atomic mass is 32.2. The highest BCUT2D eigenvalue weighted by Gasteiger charge is 2.26. The van der Waals surface area contributed by atoms with Crippen LogP contribution in [0.1, 0.15) is 23.7 Å². The van der Waals surface area contributed by atoms with Gasteiger partial charge in [0.2, 0.25) is 6.41 Å². The van der Waals surface area contributed by atoms with Gasteiger partial charge in [-0.15, -0.1) is 0 Å². The standard InChI is InChI=1S/C27H31N5O2S/c1-20-22-18-28-27(35-4)29-26(22)31(3)16-17-32(20)23-12-8-9-13-25(23)34-24(14-15-30(2)19-33)21-10-6-5-7-11-21/h5-13,18-19,24H,1,14-17H2,2-4H3. The number of anilines is 2. The number of benzene rings is 2. The maximum absolute atomic E-state index is 11.2. The first kappa shape index (κ1) is 24.6. The van der Waals surface area contributed by atoms with Crippen LogP contribution in [-0.4, -0.2) is 61.3 Å². The number of fused-ring (bicyclic) bond motifs is 1. The highest BCUT2D eigenvalue weighted by Crippen LogP contribution is 2.39. The Kier molecular flexibility index (Phi) is 7.92. The van der Waals surface area contributed by atoms with Crippen LogP contribution in [0.25, 0.3) is 5.70 Å². The van der Waals surface area contributed by atoms with Crippen LogP contribution < -0.4 is 14.5 Å². The van der Waals surface area contributed by atoms with Crippen LogP contribution in [0, 0.1) is 0 Å². The largest absolute Gasteiger partial charge is 0.483 e. The lowest BCUT2D eigenvalue weighted by molar-refractivity contribution is -0.117. The molecule has 2 aromatic carbocycles. The Morgan fingerprint density at radius 2 is 1.91 bits per heavy atom.